The van der Waals surface area contributed by atoms with Crippen molar-refractivity contribution >= 4 is 5.97 Å². The van der Waals surface area contributed by atoms with Gasteiger partial charge >= 0.3 is 5.97 Å². The summed E-state index contributed by atoms with van der Waals surface area (Å²) in [4.78, 5) is 10.8. The van der Waals surface area contributed by atoms with Crippen LogP contribution in [0.4, 0.5) is 0 Å². The van der Waals surface area contributed by atoms with E-state index in [0.717, 1.165) is 6.42 Å². The standard InChI is InChI=1S/C7H13NO3/c1-10-5-3-8-6-2-4-11-7(6)9/h6,8H,2-5H2,1H3. The molecule has 0 aromatic heterocycles. The normalized spacial score (nSPS) is 23.7. The van der Waals surface area contributed by atoms with E-state index in [2.05, 4.69) is 5.32 Å². The summed E-state index contributed by atoms with van der Waals surface area (Å²) in [7, 11) is 1.63. The van der Waals surface area contributed by atoms with Crippen molar-refractivity contribution in [2.45, 2.75) is 12.5 Å². The van der Waals surface area contributed by atoms with E-state index in [1.807, 2.05) is 0 Å². The zero-order valence-corrected chi connectivity index (χ0v) is 6.63. The summed E-state index contributed by atoms with van der Waals surface area (Å²) in [6, 6.07) is -0.106. The Morgan fingerprint density at radius 3 is 3.18 bits per heavy atom. The number of carbonyl (C=O) groups excluding carboxylic acids is 1. The Labute approximate surface area is 65.9 Å². The summed E-state index contributed by atoms with van der Waals surface area (Å²) in [6.45, 7) is 1.88. The van der Waals surface area contributed by atoms with Gasteiger partial charge in [0, 0.05) is 20.1 Å². The van der Waals surface area contributed by atoms with Gasteiger partial charge in [-0.15, -0.1) is 0 Å². The van der Waals surface area contributed by atoms with Crippen LogP contribution in [-0.2, 0) is 14.3 Å². The topological polar surface area (TPSA) is 47.6 Å². The second-order valence-corrected chi connectivity index (χ2v) is 2.46. The molecule has 11 heavy (non-hydrogen) atoms. The zero-order valence-electron chi connectivity index (χ0n) is 6.63. The highest BCUT2D eigenvalue weighted by Gasteiger charge is 2.25. The Bertz CT molecular complexity index is 138. The molecule has 0 aromatic carbocycles. The average molecular weight is 159 g/mol. The number of hydrogen-bond acceptors (Lipinski definition) is 4. The molecule has 1 fully saturated rings. The van der Waals surface area contributed by atoms with Crippen molar-refractivity contribution in [1.82, 2.24) is 5.32 Å². The molecule has 0 spiro atoms. The Hall–Kier alpha value is -0.610. The van der Waals surface area contributed by atoms with Gasteiger partial charge in [0.15, 0.2) is 0 Å². The van der Waals surface area contributed by atoms with Crippen LogP contribution >= 0.6 is 0 Å². The number of rotatable bonds is 4. The summed E-state index contributed by atoms with van der Waals surface area (Å²) in [5, 5.41) is 3.03. The van der Waals surface area contributed by atoms with E-state index < -0.39 is 0 Å². The highest BCUT2D eigenvalue weighted by Crippen LogP contribution is 2.04. The van der Waals surface area contributed by atoms with Gasteiger partial charge in [-0.05, 0) is 0 Å². The van der Waals surface area contributed by atoms with Gasteiger partial charge in [-0.2, -0.15) is 0 Å². The molecule has 1 N–H and O–H groups in total. The lowest BCUT2D eigenvalue weighted by Gasteiger charge is -2.06. The van der Waals surface area contributed by atoms with Crippen LogP contribution in [0.3, 0.4) is 0 Å². The number of esters is 1. The third-order valence-electron chi connectivity index (χ3n) is 1.63. The Morgan fingerprint density at radius 2 is 2.64 bits per heavy atom. The maximum atomic E-state index is 10.8. The lowest BCUT2D eigenvalue weighted by atomic mass is 10.2. The number of hydrogen-bond donors (Lipinski definition) is 1. The van der Waals surface area contributed by atoms with Crippen LogP contribution in [0.1, 0.15) is 6.42 Å². The zero-order chi connectivity index (χ0) is 8.10. The lowest BCUT2D eigenvalue weighted by molar-refractivity contribution is -0.139. The summed E-state index contributed by atoms with van der Waals surface area (Å²) >= 11 is 0. The van der Waals surface area contributed by atoms with E-state index in [0.29, 0.717) is 19.8 Å². The Balaban J connectivity index is 2.10. The molecular weight excluding hydrogens is 146 g/mol. The first kappa shape index (κ1) is 8.49. The molecule has 0 aromatic rings. The summed E-state index contributed by atoms with van der Waals surface area (Å²) < 4.78 is 9.58. The maximum absolute atomic E-state index is 10.8. The third kappa shape index (κ3) is 2.48. The number of carbonyl (C=O) groups is 1. The maximum Gasteiger partial charge on any atom is 0.323 e. The first-order valence-electron chi connectivity index (χ1n) is 3.73. The molecule has 1 aliphatic rings. The predicted molar refractivity (Wildman–Crippen MR) is 39.2 cm³/mol. The lowest BCUT2D eigenvalue weighted by Crippen LogP contribution is -2.35. The number of methoxy groups -OCH3 is 1. The molecule has 1 aliphatic heterocycles. The molecule has 0 bridgehead atoms. The van der Waals surface area contributed by atoms with E-state index >= 15 is 0 Å². The molecule has 1 atom stereocenters. The fourth-order valence-electron chi connectivity index (χ4n) is 1.02. The number of cyclic esters (lactones) is 1. The molecule has 0 radical (unpaired) electrons. The van der Waals surface area contributed by atoms with Crippen molar-refractivity contribution in [2.24, 2.45) is 0 Å². The van der Waals surface area contributed by atoms with Crippen LogP contribution in [-0.4, -0.2) is 38.9 Å². The fourth-order valence-corrected chi connectivity index (χ4v) is 1.02. The SMILES string of the molecule is COCCNC1CCOC1=O. The van der Waals surface area contributed by atoms with Crippen LogP contribution in [0.25, 0.3) is 0 Å². The van der Waals surface area contributed by atoms with Crippen LogP contribution in [0.15, 0.2) is 0 Å². The monoisotopic (exact) mass is 159 g/mol. The quantitative estimate of drug-likeness (QED) is 0.445. The fraction of sp³-hybridized carbons (Fsp3) is 0.857. The van der Waals surface area contributed by atoms with Gasteiger partial charge in [0.05, 0.1) is 13.2 Å². The van der Waals surface area contributed by atoms with Gasteiger partial charge in [0.2, 0.25) is 0 Å². The molecule has 0 aliphatic carbocycles. The minimum Gasteiger partial charge on any atom is -0.464 e. The molecule has 1 saturated heterocycles. The van der Waals surface area contributed by atoms with Gasteiger partial charge in [-0.1, -0.05) is 0 Å². The largest absolute Gasteiger partial charge is 0.464 e. The van der Waals surface area contributed by atoms with Crippen molar-refractivity contribution in [2.75, 3.05) is 26.9 Å². The van der Waals surface area contributed by atoms with Gasteiger partial charge < -0.3 is 14.8 Å². The molecule has 0 amide bonds. The molecule has 4 nitrogen and oxygen atoms in total. The highest BCUT2D eigenvalue weighted by molar-refractivity contribution is 5.77. The van der Waals surface area contributed by atoms with E-state index in [4.69, 9.17) is 9.47 Å². The Morgan fingerprint density at radius 1 is 1.82 bits per heavy atom. The predicted octanol–water partition coefficient (Wildman–Crippen LogP) is -0.462. The summed E-state index contributed by atoms with van der Waals surface area (Å²) in [5.74, 6) is -0.138. The van der Waals surface area contributed by atoms with E-state index in [9.17, 15) is 4.79 Å². The smallest absolute Gasteiger partial charge is 0.323 e. The van der Waals surface area contributed by atoms with Gasteiger partial charge in [0.25, 0.3) is 0 Å². The molecular formula is C7H13NO3. The van der Waals surface area contributed by atoms with Crippen molar-refractivity contribution in [3.8, 4) is 0 Å². The third-order valence-corrected chi connectivity index (χ3v) is 1.63. The Kier molecular flexibility index (Phi) is 3.32. The minimum atomic E-state index is -0.138. The highest BCUT2D eigenvalue weighted by atomic mass is 16.5. The summed E-state index contributed by atoms with van der Waals surface area (Å²) in [6.07, 6.45) is 0.780. The van der Waals surface area contributed by atoms with Crippen molar-refractivity contribution in [1.29, 1.82) is 0 Å². The van der Waals surface area contributed by atoms with Crippen LogP contribution < -0.4 is 5.32 Å². The molecule has 4 heteroatoms. The first-order valence-corrected chi connectivity index (χ1v) is 3.73. The van der Waals surface area contributed by atoms with Gasteiger partial charge in [0.1, 0.15) is 6.04 Å². The molecule has 0 saturated carbocycles. The van der Waals surface area contributed by atoms with Gasteiger partial charge in [-0.25, -0.2) is 0 Å². The summed E-state index contributed by atoms with van der Waals surface area (Å²) in [5.41, 5.74) is 0. The van der Waals surface area contributed by atoms with Crippen LogP contribution in [0.2, 0.25) is 0 Å². The second kappa shape index (κ2) is 4.31. The van der Waals surface area contributed by atoms with Gasteiger partial charge in [-0.3, -0.25) is 4.79 Å². The van der Waals surface area contributed by atoms with E-state index in [1.54, 1.807) is 7.11 Å². The molecule has 1 heterocycles. The second-order valence-electron chi connectivity index (χ2n) is 2.46. The molecule has 1 rings (SSSR count). The average Bonchev–Trinajstić information content (AvgIpc) is 2.37. The van der Waals surface area contributed by atoms with E-state index in [1.165, 1.54) is 0 Å². The number of nitrogens with one attached hydrogen (secondary N) is 1. The van der Waals surface area contributed by atoms with Crippen molar-refractivity contribution in [3.05, 3.63) is 0 Å². The van der Waals surface area contributed by atoms with Crippen molar-refractivity contribution in [3.63, 3.8) is 0 Å². The molecule has 1 unspecified atom stereocenters. The molecule has 64 valence electrons. The first-order chi connectivity index (χ1) is 5.34. The van der Waals surface area contributed by atoms with E-state index in [-0.39, 0.29) is 12.0 Å². The minimum absolute atomic E-state index is 0.106. The van der Waals surface area contributed by atoms with Crippen molar-refractivity contribution < 1.29 is 14.3 Å². The van der Waals surface area contributed by atoms with Crippen LogP contribution in [0.5, 0.6) is 0 Å². The van der Waals surface area contributed by atoms with Crippen LogP contribution in [0, 0.1) is 0 Å². The number of ether oxygens (including phenoxy) is 2.